The molecule has 0 radical (unpaired) electrons. The summed E-state index contributed by atoms with van der Waals surface area (Å²) in [6.45, 7) is 3.45. The second-order valence-electron chi connectivity index (χ2n) is 4.23. The highest BCUT2D eigenvalue weighted by Crippen LogP contribution is 2.17. The first-order chi connectivity index (χ1) is 9.51. The van der Waals surface area contributed by atoms with Crippen molar-refractivity contribution in [1.29, 1.82) is 5.26 Å². The Hall–Kier alpha value is -1.62. The lowest BCUT2D eigenvalue weighted by molar-refractivity contribution is 0.133. The van der Waals surface area contributed by atoms with Gasteiger partial charge in [-0.15, -0.1) is 0 Å². The van der Waals surface area contributed by atoms with Gasteiger partial charge in [0.15, 0.2) is 0 Å². The molecule has 0 aliphatic carbocycles. The summed E-state index contributed by atoms with van der Waals surface area (Å²) in [5.74, 6) is 0. The van der Waals surface area contributed by atoms with Crippen LogP contribution in [0.2, 0.25) is 0 Å². The average molecular weight is 297 g/mol. The van der Waals surface area contributed by atoms with Crippen molar-refractivity contribution in [3.8, 4) is 6.07 Å². The van der Waals surface area contributed by atoms with E-state index in [1.807, 2.05) is 13.0 Å². The van der Waals surface area contributed by atoms with Gasteiger partial charge in [0.25, 0.3) is 0 Å². The molecule has 0 saturated heterocycles. The Bertz CT molecular complexity index is 579. The molecule has 1 aromatic carbocycles. The Balaban J connectivity index is 2.63. The number of hydrogen-bond acceptors (Lipinski definition) is 5. The molecular weight excluding hydrogens is 278 g/mol. The number of benzene rings is 1. The summed E-state index contributed by atoms with van der Waals surface area (Å²) in [5.41, 5.74) is 5.93. The fourth-order valence-electron chi connectivity index (χ4n) is 1.57. The zero-order valence-electron chi connectivity index (χ0n) is 11.4. The van der Waals surface area contributed by atoms with Gasteiger partial charge >= 0.3 is 0 Å². The Morgan fingerprint density at radius 2 is 2.15 bits per heavy atom. The summed E-state index contributed by atoms with van der Waals surface area (Å²) in [7, 11) is -3.70. The van der Waals surface area contributed by atoms with Crippen molar-refractivity contribution in [2.24, 2.45) is 0 Å². The molecule has 0 saturated carbocycles. The van der Waals surface area contributed by atoms with Crippen molar-refractivity contribution in [2.75, 3.05) is 25.5 Å². The van der Waals surface area contributed by atoms with E-state index in [2.05, 4.69) is 4.72 Å². The number of ether oxygens (including phenoxy) is 1. The highest BCUT2D eigenvalue weighted by Gasteiger charge is 2.18. The maximum atomic E-state index is 12.1. The smallest absolute Gasteiger partial charge is 0.241 e. The lowest BCUT2D eigenvalue weighted by atomic mass is 10.2. The van der Waals surface area contributed by atoms with Crippen LogP contribution in [-0.4, -0.2) is 28.2 Å². The van der Waals surface area contributed by atoms with E-state index in [9.17, 15) is 8.42 Å². The first kappa shape index (κ1) is 16.4. The van der Waals surface area contributed by atoms with E-state index >= 15 is 0 Å². The summed E-state index contributed by atoms with van der Waals surface area (Å²) in [6.07, 6.45) is 1.51. The van der Waals surface area contributed by atoms with Crippen molar-refractivity contribution < 1.29 is 13.2 Å². The molecule has 110 valence electrons. The van der Waals surface area contributed by atoms with Crippen molar-refractivity contribution in [3.63, 3.8) is 0 Å². The van der Waals surface area contributed by atoms with Gasteiger partial charge in [0.2, 0.25) is 10.0 Å². The number of sulfonamides is 1. The molecule has 7 heteroatoms. The first-order valence-corrected chi connectivity index (χ1v) is 7.86. The fraction of sp³-hybridized carbons (Fsp3) is 0.462. The highest BCUT2D eigenvalue weighted by molar-refractivity contribution is 7.89. The summed E-state index contributed by atoms with van der Waals surface area (Å²) in [5, 5.41) is 8.96. The van der Waals surface area contributed by atoms with Gasteiger partial charge in [-0.2, -0.15) is 5.26 Å². The molecule has 0 aliphatic rings. The van der Waals surface area contributed by atoms with Crippen LogP contribution in [0.4, 0.5) is 5.69 Å². The first-order valence-electron chi connectivity index (χ1n) is 6.38. The van der Waals surface area contributed by atoms with E-state index in [1.165, 1.54) is 18.2 Å². The zero-order chi connectivity index (χ0) is 15.0. The lowest BCUT2D eigenvalue weighted by Gasteiger charge is -2.09. The van der Waals surface area contributed by atoms with Crippen molar-refractivity contribution in [3.05, 3.63) is 23.8 Å². The number of nitriles is 1. The van der Waals surface area contributed by atoms with Crippen molar-refractivity contribution in [2.45, 2.75) is 24.7 Å². The number of nitrogen functional groups attached to an aromatic ring is 1. The Morgan fingerprint density at radius 1 is 1.40 bits per heavy atom. The normalized spacial score (nSPS) is 11.2. The van der Waals surface area contributed by atoms with Crippen LogP contribution in [0.25, 0.3) is 0 Å². The number of anilines is 1. The van der Waals surface area contributed by atoms with Gasteiger partial charge in [0, 0.05) is 25.4 Å². The molecule has 20 heavy (non-hydrogen) atoms. The summed E-state index contributed by atoms with van der Waals surface area (Å²) in [6, 6.07) is 5.98. The van der Waals surface area contributed by atoms with Crippen molar-refractivity contribution >= 4 is 15.7 Å². The van der Waals surface area contributed by atoms with Crippen LogP contribution >= 0.6 is 0 Å². The monoisotopic (exact) mass is 297 g/mol. The quantitative estimate of drug-likeness (QED) is 0.554. The van der Waals surface area contributed by atoms with E-state index in [1.54, 1.807) is 0 Å². The fourth-order valence-corrected chi connectivity index (χ4v) is 2.78. The van der Waals surface area contributed by atoms with E-state index in [-0.39, 0.29) is 17.0 Å². The highest BCUT2D eigenvalue weighted by atomic mass is 32.2. The third-order valence-electron chi connectivity index (χ3n) is 2.52. The third-order valence-corrected chi connectivity index (χ3v) is 4.04. The standard InChI is InChI=1S/C13H19N3O3S/c1-2-7-19-8-3-6-16-20(17,18)13-5-4-12(15)9-11(13)10-14/h4-5,9,16H,2-3,6-8,15H2,1H3. The van der Waals surface area contributed by atoms with Gasteiger partial charge in [0.05, 0.1) is 10.5 Å². The van der Waals surface area contributed by atoms with Crippen LogP contribution in [0.1, 0.15) is 25.3 Å². The lowest BCUT2D eigenvalue weighted by Crippen LogP contribution is -2.26. The second-order valence-corrected chi connectivity index (χ2v) is 5.97. The Kier molecular flexibility index (Phi) is 6.45. The molecule has 1 rings (SSSR count). The number of nitrogens with one attached hydrogen (secondary N) is 1. The molecule has 6 nitrogen and oxygen atoms in total. The molecule has 0 unspecified atom stereocenters. The molecule has 0 aliphatic heterocycles. The van der Waals surface area contributed by atoms with Crippen LogP contribution in [-0.2, 0) is 14.8 Å². The van der Waals surface area contributed by atoms with Gasteiger partial charge in [-0.05, 0) is 31.0 Å². The molecule has 0 heterocycles. The predicted molar refractivity (Wildman–Crippen MR) is 76.5 cm³/mol. The molecule has 0 aromatic heterocycles. The van der Waals surface area contributed by atoms with Crippen LogP contribution in [0.3, 0.4) is 0 Å². The van der Waals surface area contributed by atoms with E-state index in [0.29, 0.717) is 25.3 Å². The molecule has 0 bridgehead atoms. The maximum absolute atomic E-state index is 12.1. The van der Waals surface area contributed by atoms with Crippen molar-refractivity contribution in [1.82, 2.24) is 4.72 Å². The number of nitrogens with two attached hydrogens (primary N) is 1. The van der Waals surface area contributed by atoms with Gasteiger partial charge in [-0.3, -0.25) is 0 Å². The molecule has 0 spiro atoms. The number of rotatable bonds is 8. The topological polar surface area (TPSA) is 105 Å². The summed E-state index contributed by atoms with van der Waals surface area (Å²) >= 11 is 0. The van der Waals surface area contributed by atoms with Crippen LogP contribution < -0.4 is 10.5 Å². The molecule has 0 amide bonds. The van der Waals surface area contributed by atoms with Crippen LogP contribution in [0, 0.1) is 11.3 Å². The van der Waals surface area contributed by atoms with Gasteiger partial charge in [-0.1, -0.05) is 6.92 Å². The van der Waals surface area contributed by atoms with Gasteiger partial charge in [0.1, 0.15) is 6.07 Å². The average Bonchev–Trinajstić information content (AvgIpc) is 2.42. The SMILES string of the molecule is CCCOCCCNS(=O)(=O)c1ccc(N)cc1C#N. The molecule has 1 aromatic rings. The summed E-state index contributed by atoms with van der Waals surface area (Å²) in [4.78, 5) is -0.0522. The minimum atomic E-state index is -3.70. The third kappa shape index (κ3) is 4.81. The van der Waals surface area contributed by atoms with Gasteiger partial charge < -0.3 is 10.5 Å². The molecule has 0 fully saturated rings. The van der Waals surface area contributed by atoms with Crippen LogP contribution in [0.15, 0.2) is 23.1 Å². The van der Waals surface area contributed by atoms with E-state index < -0.39 is 10.0 Å². The van der Waals surface area contributed by atoms with Crippen LogP contribution in [0.5, 0.6) is 0 Å². The molecule has 3 N–H and O–H groups in total. The number of nitrogens with zero attached hydrogens (tertiary/aromatic N) is 1. The zero-order valence-corrected chi connectivity index (χ0v) is 12.2. The number of hydrogen-bond donors (Lipinski definition) is 2. The second kappa shape index (κ2) is 7.85. The Labute approximate surface area is 119 Å². The van der Waals surface area contributed by atoms with E-state index in [4.69, 9.17) is 15.7 Å². The summed E-state index contributed by atoms with van der Waals surface area (Å²) < 4.78 is 31.8. The Morgan fingerprint density at radius 3 is 2.80 bits per heavy atom. The minimum absolute atomic E-state index is 0.0414. The molecular formula is C13H19N3O3S. The maximum Gasteiger partial charge on any atom is 0.241 e. The van der Waals surface area contributed by atoms with Gasteiger partial charge in [-0.25, -0.2) is 13.1 Å². The minimum Gasteiger partial charge on any atom is -0.399 e. The largest absolute Gasteiger partial charge is 0.399 e. The van der Waals surface area contributed by atoms with E-state index in [0.717, 1.165) is 6.42 Å². The molecule has 0 atom stereocenters. The predicted octanol–water partition coefficient (Wildman–Crippen LogP) is 1.24.